The third kappa shape index (κ3) is 4.27. The zero-order chi connectivity index (χ0) is 18.4. The van der Waals surface area contributed by atoms with Crippen molar-refractivity contribution in [2.45, 2.75) is 6.61 Å². The van der Waals surface area contributed by atoms with Gasteiger partial charge >= 0.3 is 5.97 Å². The number of hydrogen-bond acceptors (Lipinski definition) is 3. The Morgan fingerprint density at radius 2 is 1.42 bits per heavy atom. The normalized spacial score (nSPS) is 10.2. The summed E-state index contributed by atoms with van der Waals surface area (Å²) in [5, 5.41) is 11.9. The Hall–Kier alpha value is -3.60. The third-order valence-electron chi connectivity index (χ3n) is 3.76. The summed E-state index contributed by atoms with van der Waals surface area (Å²) in [5.74, 6) is -0.931. The van der Waals surface area contributed by atoms with Crippen molar-refractivity contribution in [3.05, 3.63) is 95.6 Å². The van der Waals surface area contributed by atoms with Gasteiger partial charge in [-0.05, 0) is 42.0 Å². The van der Waals surface area contributed by atoms with Crippen molar-refractivity contribution in [1.29, 1.82) is 0 Å². The minimum atomic E-state index is -1.14. The van der Waals surface area contributed by atoms with Crippen molar-refractivity contribution in [1.82, 2.24) is 0 Å². The first-order valence-electron chi connectivity index (χ1n) is 8.04. The first-order valence-corrected chi connectivity index (χ1v) is 8.04. The van der Waals surface area contributed by atoms with E-state index in [4.69, 9.17) is 4.74 Å². The van der Waals surface area contributed by atoms with Crippen LogP contribution in [-0.4, -0.2) is 17.0 Å². The predicted octanol–water partition coefficient (Wildman–Crippen LogP) is 4.22. The Morgan fingerprint density at radius 3 is 2.08 bits per heavy atom. The molecule has 0 spiro atoms. The summed E-state index contributed by atoms with van der Waals surface area (Å²) < 4.78 is 5.70. The van der Waals surface area contributed by atoms with Crippen molar-refractivity contribution >= 4 is 17.6 Å². The Bertz CT molecular complexity index is 905. The second-order valence-electron chi connectivity index (χ2n) is 5.60. The van der Waals surface area contributed by atoms with E-state index in [-0.39, 0.29) is 11.1 Å². The van der Waals surface area contributed by atoms with Crippen LogP contribution in [0.25, 0.3) is 0 Å². The Morgan fingerprint density at radius 1 is 0.808 bits per heavy atom. The molecule has 0 aliphatic rings. The lowest BCUT2D eigenvalue weighted by atomic mass is 10.1. The molecule has 5 nitrogen and oxygen atoms in total. The van der Waals surface area contributed by atoms with Crippen molar-refractivity contribution < 1.29 is 19.4 Å². The Labute approximate surface area is 150 Å². The molecule has 2 N–H and O–H groups in total. The Balaban J connectivity index is 1.64. The smallest absolute Gasteiger partial charge is 0.336 e. The molecule has 5 heteroatoms. The maximum absolute atomic E-state index is 12.3. The van der Waals surface area contributed by atoms with E-state index in [0.717, 1.165) is 5.56 Å². The second-order valence-corrected chi connectivity index (χ2v) is 5.60. The summed E-state index contributed by atoms with van der Waals surface area (Å²) in [4.78, 5) is 23.5. The van der Waals surface area contributed by atoms with E-state index in [9.17, 15) is 14.7 Å². The van der Waals surface area contributed by atoms with E-state index in [1.165, 1.54) is 12.1 Å². The molecule has 26 heavy (non-hydrogen) atoms. The van der Waals surface area contributed by atoms with Gasteiger partial charge in [0.1, 0.15) is 12.4 Å². The molecule has 3 aromatic carbocycles. The van der Waals surface area contributed by atoms with E-state index >= 15 is 0 Å². The number of hydrogen-bond donors (Lipinski definition) is 2. The summed E-state index contributed by atoms with van der Waals surface area (Å²) >= 11 is 0. The van der Waals surface area contributed by atoms with Crippen LogP contribution in [0.5, 0.6) is 5.75 Å². The van der Waals surface area contributed by atoms with Crippen molar-refractivity contribution in [3.63, 3.8) is 0 Å². The molecule has 0 aliphatic carbocycles. The van der Waals surface area contributed by atoms with E-state index in [0.29, 0.717) is 18.0 Å². The minimum absolute atomic E-state index is 0.0344. The summed E-state index contributed by atoms with van der Waals surface area (Å²) in [6.07, 6.45) is 0. The number of carboxylic acid groups (broad SMARTS) is 1. The number of aromatic carboxylic acids is 1. The molecule has 0 atom stereocenters. The SMILES string of the molecule is O=C(O)c1ccccc1C(=O)Nc1ccc(OCc2ccccc2)cc1. The van der Waals surface area contributed by atoms with Gasteiger partial charge in [-0.15, -0.1) is 0 Å². The fourth-order valence-electron chi connectivity index (χ4n) is 2.44. The van der Waals surface area contributed by atoms with Crippen LogP contribution >= 0.6 is 0 Å². The molecule has 0 radical (unpaired) electrons. The van der Waals surface area contributed by atoms with Crippen LogP contribution in [0.2, 0.25) is 0 Å². The van der Waals surface area contributed by atoms with Gasteiger partial charge < -0.3 is 15.2 Å². The number of carboxylic acids is 1. The number of anilines is 1. The topological polar surface area (TPSA) is 75.6 Å². The highest BCUT2D eigenvalue weighted by atomic mass is 16.5. The fourth-order valence-corrected chi connectivity index (χ4v) is 2.44. The zero-order valence-electron chi connectivity index (χ0n) is 13.9. The number of rotatable bonds is 6. The van der Waals surface area contributed by atoms with Gasteiger partial charge in [-0.2, -0.15) is 0 Å². The summed E-state index contributed by atoms with van der Waals surface area (Å²) in [7, 11) is 0. The van der Waals surface area contributed by atoms with Gasteiger partial charge in [-0.25, -0.2) is 4.79 Å². The van der Waals surface area contributed by atoms with Crippen LogP contribution in [-0.2, 0) is 6.61 Å². The maximum Gasteiger partial charge on any atom is 0.336 e. The van der Waals surface area contributed by atoms with E-state index in [1.54, 1.807) is 36.4 Å². The highest BCUT2D eigenvalue weighted by Gasteiger charge is 2.15. The lowest BCUT2D eigenvalue weighted by molar-refractivity contribution is 0.0692. The number of nitrogens with one attached hydrogen (secondary N) is 1. The highest BCUT2D eigenvalue weighted by molar-refractivity contribution is 6.10. The van der Waals surface area contributed by atoms with Crippen LogP contribution in [0, 0.1) is 0 Å². The maximum atomic E-state index is 12.3. The number of carbonyl (C=O) groups is 2. The lowest BCUT2D eigenvalue weighted by Crippen LogP contribution is -2.16. The number of benzene rings is 3. The third-order valence-corrected chi connectivity index (χ3v) is 3.76. The highest BCUT2D eigenvalue weighted by Crippen LogP contribution is 2.18. The second kappa shape index (κ2) is 7.98. The van der Waals surface area contributed by atoms with Crippen LogP contribution in [0.15, 0.2) is 78.9 Å². The minimum Gasteiger partial charge on any atom is -0.489 e. The molecule has 0 saturated heterocycles. The van der Waals surface area contributed by atoms with Gasteiger partial charge in [0, 0.05) is 5.69 Å². The molecule has 0 aliphatic heterocycles. The van der Waals surface area contributed by atoms with Crippen molar-refractivity contribution in [3.8, 4) is 5.75 Å². The van der Waals surface area contributed by atoms with E-state index in [1.807, 2.05) is 30.3 Å². The Kier molecular flexibility index (Phi) is 5.29. The molecule has 0 aromatic heterocycles. The molecule has 0 heterocycles. The van der Waals surface area contributed by atoms with Crippen LogP contribution < -0.4 is 10.1 Å². The quantitative estimate of drug-likeness (QED) is 0.700. The van der Waals surface area contributed by atoms with Crippen molar-refractivity contribution in [2.75, 3.05) is 5.32 Å². The fraction of sp³-hybridized carbons (Fsp3) is 0.0476. The standard InChI is InChI=1S/C21H17NO4/c23-20(18-8-4-5-9-19(18)21(24)25)22-16-10-12-17(13-11-16)26-14-15-6-2-1-3-7-15/h1-13H,14H2,(H,22,23)(H,24,25). The van der Waals surface area contributed by atoms with E-state index < -0.39 is 11.9 Å². The molecule has 0 fully saturated rings. The lowest BCUT2D eigenvalue weighted by Gasteiger charge is -2.09. The van der Waals surface area contributed by atoms with Gasteiger partial charge in [0.05, 0.1) is 11.1 Å². The van der Waals surface area contributed by atoms with Gasteiger partial charge in [0.25, 0.3) is 5.91 Å². The molecule has 3 rings (SSSR count). The predicted molar refractivity (Wildman–Crippen MR) is 98.6 cm³/mol. The largest absolute Gasteiger partial charge is 0.489 e. The molecule has 0 unspecified atom stereocenters. The number of ether oxygens (including phenoxy) is 1. The van der Waals surface area contributed by atoms with E-state index in [2.05, 4.69) is 5.32 Å². The number of amides is 1. The number of carbonyl (C=O) groups excluding carboxylic acids is 1. The monoisotopic (exact) mass is 347 g/mol. The first kappa shape index (κ1) is 17.2. The molecular formula is C21H17NO4. The molecule has 1 amide bonds. The first-order chi connectivity index (χ1) is 12.6. The van der Waals surface area contributed by atoms with Gasteiger partial charge in [-0.3, -0.25) is 4.79 Å². The molecule has 0 saturated carbocycles. The molecule has 130 valence electrons. The van der Waals surface area contributed by atoms with Gasteiger partial charge in [0.15, 0.2) is 0 Å². The summed E-state index contributed by atoms with van der Waals surface area (Å²) in [6.45, 7) is 0.457. The summed E-state index contributed by atoms with van der Waals surface area (Å²) in [5.41, 5.74) is 1.70. The van der Waals surface area contributed by atoms with Crippen molar-refractivity contribution in [2.24, 2.45) is 0 Å². The van der Waals surface area contributed by atoms with Crippen LogP contribution in [0.3, 0.4) is 0 Å². The summed E-state index contributed by atoms with van der Waals surface area (Å²) in [6, 6.07) is 22.8. The van der Waals surface area contributed by atoms with Crippen LogP contribution in [0.4, 0.5) is 5.69 Å². The zero-order valence-corrected chi connectivity index (χ0v) is 13.9. The average molecular weight is 347 g/mol. The average Bonchev–Trinajstić information content (AvgIpc) is 2.68. The van der Waals surface area contributed by atoms with Crippen LogP contribution in [0.1, 0.15) is 26.3 Å². The molecule has 0 bridgehead atoms. The van der Waals surface area contributed by atoms with Gasteiger partial charge in [-0.1, -0.05) is 42.5 Å². The van der Waals surface area contributed by atoms with Gasteiger partial charge in [0.2, 0.25) is 0 Å². The molecular weight excluding hydrogens is 330 g/mol. The molecule has 3 aromatic rings.